The summed E-state index contributed by atoms with van der Waals surface area (Å²) in [7, 11) is -1.56. The van der Waals surface area contributed by atoms with E-state index < -0.39 is 10.0 Å². The summed E-state index contributed by atoms with van der Waals surface area (Å²) in [6.45, 7) is 3.07. The number of rotatable bonds is 7. The summed E-state index contributed by atoms with van der Waals surface area (Å²) in [6.07, 6.45) is 4.30. The third-order valence-corrected chi connectivity index (χ3v) is 5.32. The van der Waals surface area contributed by atoms with Crippen molar-refractivity contribution in [1.29, 1.82) is 0 Å². The van der Waals surface area contributed by atoms with E-state index in [1.165, 1.54) is 0 Å². The van der Waals surface area contributed by atoms with Crippen LogP contribution in [0.25, 0.3) is 0 Å². The minimum absolute atomic E-state index is 0.0461. The number of methoxy groups -OCH3 is 1. The van der Waals surface area contributed by atoms with Gasteiger partial charge in [-0.2, -0.15) is 4.31 Å². The number of hydrogen-bond acceptors (Lipinski definition) is 4. The molecule has 0 aromatic carbocycles. The zero-order valence-electron chi connectivity index (χ0n) is 11.5. The molecule has 5 nitrogen and oxygen atoms in total. The molecule has 1 aliphatic heterocycles. The normalized spacial score (nSPS) is 24.1. The van der Waals surface area contributed by atoms with Crippen LogP contribution in [0, 0.1) is 0 Å². The number of sulfonamides is 1. The Labute approximate surface area is 111 Å². The highest BCUT2D eigenvalue weighted by Crippen LogP contribution is 2.24. The van der Waals surface area contributed by atoms with E-state index in [9.17, 15) is 8.42 Å². The molecule has 0 aromatic heterocycles. The first-order chi connectivity index (χ1) is 8.47. The van der Waals surface area contributed by atoms with Crippen molar-refractivity contribution in [2.75, 3.05) is 26.0 Å². The van der Waals surface area contributed by atoms with Crippen LogP contribution in [0.3, 0.4) is 0 Å². The van der Waals surface area contributed by atoms with Crippen molar-refractivity contribution < 1.29 is 13.2 Å². The van der Waals surface area contributed by atoms with Gasteiger partial charge in [0.05, 0.1) is 5.75 Å². The molecule has 0 amide bonds. The molecule has 2 unspecified atom stereocenters. The zero-order chi connectivity index (χ0) is 13.6. The third kappa shape index (κ3) is 4.84. The molecule has 0 saturated carbocycles. The lowest BCUT2D eigenvalue weighted by molar-refractivity contribution is 0.197. The fourth-order valence-electron chi connectivity index (χ4n) is 2.51. The Balaban J connectivity index is 2.63. The van der Waals surface area contributed by atoms with Crippen molar-refractivity contribution in [3.05, 3.63) is 0 Å². The van der Waals surface area contributed by atoms with Gasteiger partial charge in [0.15, 0.2) is 0 Å². The summed E-state index contributed by atoms with van der Waals surface area (Å²) in [6, 6.07) is 0.135. The van der Waals surface area contributed by atoms with Crippen molar-refractivity contribution in [3.63, 3.8) is 0 Å². The van der Waals surface area contributed by atoms with Gasteiger partial charge in [-0.1, -0.05) is 6.42 Å². The fourth-order valence-corrected chi connectivity index (χ4v) is 4.28. The maximum absolute atomic E-state index is 12.3. The van der Waals surface area contributed by atoms with E-state index in [4.69, 9.17) is 10.5 Å². The quantitative estimate of drug-likeness (QED) is 0.704. The van der Waals surface area contributed by atoms with Gasteiger partial charge >= 0.3 is 0 Å². The Morgan fingerprint density at radius 2 is 2.17 bits per heavy atom. The van der Waals surface area contributed by atoms with E-state index in [0.29, 0.717) is 19.6 Å². The van der Waals surface area contributed by atoms with Gasteiger partial charge in [-0.3, -0.25) is 0 Å². The Morgan fingerprint density at radius 1 is 1.44 bits per heavy atom. The summed E-state index contributed by atoms with van der Waals surface area (Å²) in [5, 5.41) is 0. The number of nitrogens with zero attached hydrogens (tertiary/aromatic N) is 1. The van der Waals surface area contributed by atoms with Crippen molar-refractivity contribution in [2.24, 2.45) is 5.73 Å². The van der Waals surface area contributed by atoms with Crippen LogP contribution < -0.4 is 5.73 Å². The van der Waals surface area contributed by atoms with Gasteiger partial charge < -0.3 is 10.5 Å². The van der Waals surface area contributed by atoms with E-state index in [1.54, 1.807) is 11.4 Å². The van der Waals surface area contributed by atoms with Gasteiger partial charge in [0.25, 0.3) is 0 Å². The van der Waals surface area contributed by atoms with Gasteiger partial charge in [-0.25, -0.2) is 8.42 Å². The van der Waals surface area contributed by atoms with Crippen molar-refractivity contribution in [2.45, 2.75) is 51.1 Å². The highest BCUT2D eigenvalue weighted by atomic mass is 32.2. The molecule has 1 heterocycles. The molecule has 18 heavy (non-hydrogen) atoms. The SMILES string of the molecule is COCCCS(=O)(=O)N1CCCCC1CC(C)N. The van der Waals surface area contributed by atoms with Crippen LogP contribution in [0.15, 0.2) is 0 Å². The van der Waals surface area contributed by atoms with Crippen LogP contribution in [0.4, 0.5) is 0 Å². The molecule has 0 aromatic rings. The molecule has 1 rings (SSSR count). The van der Waals surface area contributed by atoms with Crippen LogP contribution in [0.2, 0.25) is 0 Å². The summed E-state index contributed by atoms with van der Waals surface area (Å²) in [5.74, 6) is 0.177. The van der Waals surface area contributed by atoms with Gasteiger partial charge in [0.2, 0.25) is 10.0 Å². The summed E-state index contributed by atoms with van der Waals surface area (Å²) in [5.41, 5.74) is 5.81. The largest absolute Gasteiger partial charge is 0.385 e. The fraction of sp³-hybridized carbons (Fsp3) is 1.00. The first kappa shape index (κ1) is 15.9. The second-order valence-electron chi connectivity index (χ2n) is 5.14. The van der Waals surface area contributed by atoms with Gasteiger partial charge in [0, 0.05) is 32.3 Å². The molecular weight excluding hydrogens is 252 g/mol. The predicted octanol–water partition coefficient (Wildman–Crippen LogP) is 0.945. The highest BCUT2D eigenvalue weighted by molar-refractivity contribution is 7.89. The third-order valence-electron chi connectivity index (χ3n) is 3.33. The molecule has 0 radical (unpaired) electrons. The topological polar surface area (TPSA) is 72.6 Å². The molecule has 2 atom stereocenters. The minimum atomic E-state index is -3.15. The molecule has 2 N–H and O–H groups in total. The van der Waals surface area contributed by atoms with Crippen LogP contribution in [-0.2, 0) is 14.8 Å². The summed E-state index contributed by atoms with van der Waals surface area (Å²) in [4.78, 5) is 0. The molecule has 0 spiro atoms. The van der Waals surface area contributed by atoms with Gasteiger partial charge in [-0.05, 0) is 32.6 Å². The molecule has 0 aliphatic carbocycles. The van der Waals surface area contributed by atoms with E-state index in [1.807, 2.05) is 6.92 Å². The lowest BCUT2D eigenvalue weighted by Crippen LogP contribution is -2.46. The van der Waals surface area contributed by atoms with E-state index in [0.717, 1.165) is 25.7 Å². The average Bonchev–Trinajstić information content (AvgIpc) is 2.29. The maximum atomic E-state index is 12.3. The van der Waals surface area contributed by atoms with Crippen LogP contribution >= 0.6 is 0 Å². The van der Waals surface area contributed by atoms with Crippen LogP contribution in [0.1, 0.15) is 39.0 Å². The molecule has 0 bridgehead atoms. The first-order valence-electron chi connectivity index (χ1n) is 6.71. The standard InChI is InChI=1S/C12H26N2O3S/c1-11(13)10-12-6-3-4-7-14(12)18(15,16)9-5-8-17-2/h11-12H,3-10,13H2,1-2H3. The summed E-state index contributed by atoms with van der Waals surface area (Å²) >= 11 is 0. The first-order valence-corrected chi connectivity index (χ1v) is 8.32. The minimum Gasteiger partial charge on any atom is -0.385 e. The van der Waals surface area contributed by atoms with Crippen LogP contribution in [0.5, 0.6) is 0 Å². The second-order valence-corrected chi connectivity index (χ2v) is 7.18. The molecule has 1 aliphatic rings. The number of nitrogens with two attached hydrogens (primary N) is 1. The van der Waals surface area contributed by atoms with E-state index in [2.05, 4.69) is 0 Å². The maximum Gasteiger partial charge on any atom is 0.214 e. The van der Waals surface area contributed by atoms with Crippen molar-refractivity contribution >= 4 is 10.0 Å². The van der Waals surface area contributed by atoms with Gasteiger partial charge in [0.1, 0.15) is 0 Å². The second kappa shape index (κ2) is 7.43. The Hall–Kier alpha value is -0.170. The summed E-state index contributed by atoms with van der Waals surface area (Å²) < 4.78 is 31.2. The zero-order valence-corrected chi connectivity index (χ0v) is 12.3. The lowest BCUT2D eigenvalue weighted by atomic mass is 9.99. The molecular formula is C12H26N2O3S. The number of piperidine rings is 1. The Morgan fingerprint density at radius 3 is 2.78 bits per heavy atom. The number of hydrogen-bond donors (Lipinski definition) is 1. The smallest absolute Gasteiger partial charge is 0.214 e. The van der Waals surface area contributed by atoms with Gasteiger partial charge in [-0.15, -0.1) is 0 Å². The van der Waals surface area contributed by atoms with Crippen molar-refractivity contribution in [3.8, 4) is 0 Å². The van der Waals surface area contributed by atoms with Crippen molar-refractivity contribution in [1.82, 2.24) is 4.31 Å². The molecule has 1 fully saturated rings. The predicted molar refractivity (Wildman–Crippen MR) is 72.9 cm³/mol. The molecule has 6 heteroatoms. The van der Waals surface area contributed by atoms with E-state index >= 15 is 0 Å². The molecule has 108 valence electrons. The average molecular weight is 278 g/mol. The highest BCUT2D eigenvalue weighted by Gasteiger charge is 2.32. The van der Waals surface area contributed by atoms with E-state index in [-0.39, 0.29) is 17.8 Å². The Bertz CT molecular complexity index is 330. The Kier molecular flexibility index (Phi) is 6.55. The number of ether oxygens (including phenoxy) is 1. The lowest BCUT2D eigenvalue weighted by Gasteiger charge is -2.35. The monoisotopic (exact) mass is 278 g/mol. The molecule has 1 saturated heterocycles. The van der Waals surface area contributed by atoms with Crippen LogP contribution in [-0.4, -0.2) is 50.8 Å².